The standard InChI is InChI=1S/C33H46N2O10/c1-9-23-13-21(4)30(42-8)27(40-6)14-22(5)29(41-7)25-15-24(43-17-36)16-26(31(25)44-18-37)35-32(38)20(3)12-10-11-19(2)28(23)45-33(34)39/h10-13,15-19,21-22,27-30H,9,14H2,1-8H3,(H2,34,39)(H,35,38)/b11-10-,20-12+,23-13+. The summed E-state index contributed by atoms with van der Waals surface area (Å²) < 4.78 is 33.9. The number of hydrogen-bond donors (Lipinski definition) is 2. The van der Waals surface area contributed by atoms with Gasteiger partial charge in [0.2, 0.25) is 0 Å². The van der Waals surface area contributed by atoms with Crippen LogP contribution in [0.3, 0.4) is 0 Å². The van der Waals surface area contributed by atoms with E-state index < -0.39 is 36.4 Å². The van der Waals surface area contributed by atoms with Crippen molar-refractivity contribution in [3.8, 4) is 11.5 Å². The van der Waals surface area contributed by atoms with Gasteiger partial charge < -0.3 is 39.5 Å². The molecule has 1 aliphatic rings. The number of rotatable bonds is 9. The summed E-state index contributed by atoms with van der Waals surface area (Å²) in [6, 6.07) is 2.90. The topological polar surface area (TPSA) is 162 Å². The average molecular weight is 631 g/mol. The minimum Gasteiger partial charge on any atom is -0.441 e. The van der Waals surface area contributed by atoms with Crippen LogP contribution in [0.15, 0.2) is 47.6 Å². The average Bonchev–Trinajstić information content (AvgIpc) is 2.99. The Kier molecular flexibility index (Phi) is 14.9. The summed E-state index contributed by atoms with van der Waals surface area (Å²) in [5, 5.41) is 2.75. The molecule has 1 aromatic carbocycles. The molecule has 0 saturated carbocycles. The molecule has 1 aliphatic heterocycles. The Morgan fingerprint density at radius 3 is 2.24 bits per heavy atom. The number of nitrogens with one attached hydrogen (secondary N) is 1. The zero-order valence-corrected chi connectivity index (χ0v) is 27.2. The van der Waals surface area contributed by atoms with Crippen molar-refractivity contribution in [1.29, 1.82) is 0 Å². The van der Waals surface area contributed by atoms with Crippen LogP contribution in [-0.4, -0.2) is 64.6 Å². The van der Waals surface area contributed by atoms with Crippen LogP contribution in [0.1, 0.15) is 59.1 Å². The van der Waals surface area contributed by atoms with E-state index in [1.54, 1.807) is 39.4 Å². The van der Waals surface area contributed by atoms with E-state index in [2.05, 4.69) is 5.32 Å². The zero-order chi connectivity index (χ0) is 33.7. The van der Waals surface area contributed by atoms with E-state index in [0.29, 0.717) is 24.0 Å². The Labute approximate surface area is 264 Å². The Balaban J connectivity index is 2.83. The van der Waals surface area contributed by atoms with Gasteiger partial charge in [0, 0.05) is 50.4 Å². The van der Waals surface area contributed by atoms with Gasteiger partial charge in [-0.15, -0.1) is 0 Å². The lowest BCUT2D eigenvalue weighted by molar-refractivity contribution is -0.121. The molecule has 12 heteroatoms. The molecule has 1 aromatic rings. The van der Waals surface area contributed by atoms with Gasteiger partial charge in [0.25, 0.3) is 18.9 Å². The Morgan fingerprint density at radius 1 is 1.00 bits per heavy atom. The number of nitrogens with two attached hydrogens (primary N) is 1. The molecule has 0 saturated heterocycles. The fraction of sp³-hybridized carbons (Fsp3) is 0.515. The predicted molar refractivity (Wildman–Crippen MR) is 168 cm³/mol. The molecular formula is C33H46N2O10. The summed E-state index contributed by atoms with van der Waals surface area (Å²) in [6.45, 7) is 9.88. The van der Waals surface area contributed by atoms with Crippen molar-refractivity contribution in [3.63, 3.8) is 0 Å². The molecule has 0 aliphatic carbocycles. The van der Waals surface area contributed by atoms with E-state index in [-0.39, 0.29) is 47.9 Å². The lowest BCUT2D eigenvalue weighted by atomic mass is 9.85. The molecule has 7 unspecified atom stereocenters. The summed E-state index contributed by atoms with van der Waals surface area (Å²) in [7, 11) is 4.69. The van der Waals surface area contributed by atoms with E-state index in [1.807, 2.05) is 33.8 Å². The van der Waals surface area contributed by atoms with Crippen LogP contribution in [0.4, 0.5) is 10.5 Å². The summed E-state index contributed by atoms with van der Waals surface area (Å²) in [5.41, 5.74) is 7.09. The number of fused-ring (bicyclic) bond motifs is 2. The number of anilines is 1. The van der Waals surface area contributed by atoms with Crippen LogP contribution in [0, 0.1) is 17.8 Å². The van der Waals surface area contributed by atoms with Crippen LogP contribution in [0.25, 0.3) is 0 Å². The van der Waals surface area contributed by atoms with Gasteiger partial charge in [0.1, 0.15) is 11.9 Å². The predicted octanol–water partition coefficient (Wildman–Crippen LogP) is 5.03. The third-order valence-corrected chi connectivity index (χ3v) is 7.92. The fourth-order valence-electron chi connectivity index (χ4n) is 5.72. The molecular weight excluding hydrogens is 584 g/mol. The quantitative estimate of drug-likeness (QED) is 0.280. The van der Waals surface area contributed by atoms with Gasteiger partial charge in [-0.3, -0.25) is 14.4 Å². The van der Waals surface area contributed by atoms with Crippen LogP contribution in [-0.2, 0) is 33.3 Å². The maximum absolute atomic E-state index is 13.3. The third-order valence-electron chi connectivity index (χ3n) is 7.92. The first-order valence-corrected chi connectivity index (χ1v) is 14.8. The van der Waals surface area contributed by atoms with Crippen LogP contribution in [0.2, 0.25) is 0 Å². The largest absolute Gasteiger partial charge is 0.441 e. The van der Waals surface area contributed by atoms with Crippen LogP contribution in [0.5, 0.6) is 11.5 Å². The second kappa shape index (κ2) is 18.1. The Hall–Kier alpha value is -4.00. The molecule has 2 rings (SSSR count). The highest BCUT2D eigenvalue weighted by Gasteiger charge is 2.34. The molecule has 12 nitrogen and oxygen atoms in total. The number of hydrogen-bond acceptors (Lipinski definition) is 10. The second-order valence-electron chi connectivity index (χ2n) is 11.0. The molecule has 248 valence electrons. The molecule has 2 amide bonds. The molecule has 0 radical (unpaired) electrons. The summed E-state index contributed by atoms with van der Waals surface area (Å²) in [6.07, 6.45) is 4.99. The van der Waals surface area contributed by atoms with Gasteiger partial charge in [-0.1, -0.05) is 52.0 Å². The van der Waals surface area contributed by atoms with Crippen molar-refractivity contribution in [3.05, 3.63) is 53.1 Å². The van der Waals surface area contributed by atoms with Crippen molar-refractivity contribution in [1.82, 2.24) is 0 Å². The summed E-state index contributed by atoms with van der Waals surface area (Å²) in [5.74, 6) is -1.13. The lowest BCUT2D eigenvalue weighted by Gasteiger charge is -2.34. The van der Waals surface area contributed by atoms with Crippen LogP contribution < -0.4 is 20.5 Å². The van der Waals surface area contributed by atoms with Gasteiger partial charge in [0.05, 0.1) is 24.0 Å². The lowest BCUT2D eigenvalue weighted by Crippen LogP contribution is -2.38. The number of ether oxygens (including phenoxy) is 6. The van der Waals surface area contributed by atoms with Gasteiger partial charge in [-0.2, -0.15) is 0 Å². The molecule has 2 bridgehead atoms. The molecule has 7 atom stereocenters. The fourth-order valence-corrected chi connectivity index (χ4v) is 5.72. The zero-order valence-electron chi connectivity index (χ0n) is 27.2. The first kappa shape index (κ1) is 37.2. The minimum atomic E-state index is -0.901. The highest BCUT2D eigenvalue weighted by atomic mass is 16.6. The third kappa shape index (κ3) is 10.0. The molecule has 45 heavy (non-hydrogen) atoms. The number of amides is 2. The number of carbonyl (C=O) groups is 4. The Morgan fingerprint density at radius 2 is 1.69 bits per heavy atom. The van der Waals surface area contributed by atoms with Crippen molar-refractivity contribution in [2.45, 2.75) is 71.9 Å². The highest BCUT2D eigenvalue weighted by Crippen LogP contribution is 2.43. The number of carbonyl (C=O) groups excluding carboxylic acids is 4. The number of methoxy groups -OCH3 is 3. The smallest absolute Gasteiger partial charge is 0.405 e. The number of primary amides is 1. The molecule has 1 heterocycles. The van der Waals surface area contributed by atoms with Crippen molar-refractivity contribution < 1.29 is 47.6 Å². The summed E-state index contributed by atoms with van der Waals surface area (Å²) in [4.78, 5) is 48.1. The van der Waals surface area contributed by atoms with E-state index in [0.717, 1.165) is 5.57 Å². The monoisotopic (exact) mass is 630 g/mol. The van der Waals surface area contributed by atoms with E-state index in [4.69, 9.17) is 34.2 Å². The maximum atomic E-state index is 13.3. The van der Waals surface area contributed by atoms with E-state index in [1.165, 1.54) is 19.2 Å². The van der Waals surface area contributed by atoms with Crippen molar-refractivity contribution in [2.24, 2.45) is 23.5 Å². The maximum Gasteiger partial charge on any atom is 0.405 e. The molecule has 0 fully saturated rings. The highest BCUT2D eigenvalue weighted by molar-refractivity contribution is 6.04. The van der Waals surface area contributed by atoms with Crippen molar-refractivity contribution >= 4 is 30.6 Å². The summed E-state index contributed by atoms with van der Waals surface area (Å²) >= 11 is 0. The molecule has 0 aromatic heterocycles. The first-order valence-electron chi connectivity index (χ1n) is 14.8. The van der Waals surface area contributed by atoms with E-state index >= 15 is 0 Å². The number of benzene rings is 1. The minimum absolute atomic E-state index is 0.0396. The molecule has 3 N–H and O–H groups in total. The van der Waals surface area contributed by atoms with Crippen LogP contribution >= 0.6 is 0 Å². The van der Waals surface area contributed by atoms with Crippen molar-refractivity contribution in [2.75, 3.05) is 26.6 Å². The van der Waals surface area contributed by atoms with Gasteiger partial charge >= 0.3 is 6.09 Å². The van der Waals surface area contributed by atoms with Gasteiger partial charge in [-0.25, -0.2) is 4.79 Å². The Bertz CT molecular complexity index is 1270. The van der Waals surface area contributed by atoms with E-state index in [9.17, 15) is 19.2 Å². The SMILES string of the molecule is CC/C1=C\C(C)C(OC)C(OC)CC(C)C(OC)c2cc(OC=O)cc(c2OC=O)NC(=O)/C(C)=C/C=C\C(C)C1OC(N)=O. The second-order valence-corrected chi connectivity index (χ2v) is 11.0. The van der Waals surface area contributed by atoms with Gasteiger partial charge in [0.15, 0.2) is 5.75 Å². The normalized spacial score (nSPS) is 29.6. The van der Waals surface area contributed by atoms with Gasteiger partial charge in [-0.05, 0) is 37.3 Å². The molecule has 0 spiro atoms. The number of allylic oxidation sites excluding steroid dienone is 2. The first-order chi connectivity index (χ1) is 21.4.